The molecule has 0 aliphatic heterocycles. The lowest BCUT2D eigenvalue weighted by Crippen LogP contribution is -2.26. The second kappa shape index (κ2) is 11.0. The van der Waals surface area contributed by atoms with Gasteiger partial charge in [0.2, 0.25) is 0 Å². The van der Waals surface area contributed by atoms with Gasteiger partial charge in [0.15, 0.2) is 0 Å². The van der Waals surface area contributed by atoms with Gasteiger partial charge in [-0.25, -0.2) is 9.97 Å². The second-order valence-corrected chi connectivity index (χ2v) is 14.8. The minimum Gasteiger partial charge on any atom is -0.245 e. The van der Waals surface area contributed by atoms with E-state index in [-0.39, 0.29) is 0 Å². The van der Waals surface area contributed by atoms with Crippen LogP contribution in [0.5, 0.6) is 0 Å². The predicted octanol–water partition coefficient (Wildman–Crippen LogP) is 12.8. The van der Waals surface area contributed by atoms with E-state index >= 15 is 0 Å². The molecule has 0 N–H and O–H groups in total. The Labute approximate surface area is 304 Å². The Kier molecular flexibility index (Phi) is 6.24. The summed E-state index contributed by atoms with van der Waals surface area (Å²) >= 11 is 3.26. The molecule has 238 valence electrons. The van der Waals surface area contributed by atoms with Crippen LogP contribution in [0, 0.1) is 0 Å². The zero-order valence-electron chi connectivity index (χ0n) is 27.4. The van der Waals surface area contributed by atoms with Crippen LogP contribution in [0.15, 0.2) is 167 Å². The minimum atomic E-state index is -0.465. The summed E-state index contributed by atoms with van der Waals surface area (Å²) in [4.78, 5) is 9.10. The summed E-state index contributed by atoms with van der Waals surface area (Å²) in [5.41, 5.74) is 23.2. The molecule has 2 aliphatic rings. The van der Waals surface area contributed by atoms with Crippen molar-refractivity contribution >= 4 is 33.4 Å². The fourth-order valence-corrected chi connectivity index (χ4v) is 9.90. The van der Waals surface area contributed by atoms with Crippen LogP contribution in [0.25, 0.3) is 77.8 Å². The SMILES string of the molecule is c1ccc2c(c1)-c1ccccc1C21c2cc(-c3ccc(-c4cscn4)cc3)ccc2-c2c1cc(-c1ccc(-c3cscn3)cc1)c1ccccc21. The third-order valence-corrected chi connectivity index (χ3v) is 12.1. The Balaban J connectivity index is 1.19. The Morgan fingerprint density at radius 2 is 0.902 bits per heavy atom. The van der Waals surface area contributed by atoms with Gasteiger partial charge in [-0.1, -0.05) is 133 Å². The molecular weight excluding hydrogens is 657 g/mol. The first kappa shape index (κ1) is 28.9. The molecule has 0 radical (unpaired) electrons. The van der Waals surface area contributed by atoms with Crippen LogP contribution in [0.2, 0.25) is 0 Å². The van der Waals surface area contributed by atoms with Gasteiger partial charge in [0.05, 0.1) is 27.8 Å². The molecule has 0 unspecified atom stereocenters. The third kappa shape index (κ3) is 4.09. The first-order chi connectivity index (χ1) is 25.3. The van der Waals surface area contributed by atoms with E-state index < -0.39 is 5.41 Å². The molecule has 0 fully saturated rings. The smallest absolute Gasteiger partial charge is 0.0811 e. The van der Waals surface area contributed by atoms with Crippen molar-refractivity contribution in [1.82, 2.24) is 9.97 Å². The van der Waals surface area contributed by atoms with Gasteiger partial charge in [-0.15, -0.1) is 22.7 Å². The van der Waals surface area contributed by atoms with E-state index in [1.807, 2.05) is 11.0 Å². The highest BCUT2D eigenvalue weighted by molar-refractivity contribution is 7.08. The van der Waals surface area contributed by atoms with Crippen molar-refractivity contribution in [2.75, 3.05) is 0 Å². The van der Waals surface area contributed by atoms with Crippen molar-refractivity contribution in [1.29, 1.82) is 0 Å². The Bertz CT molecular complexity index is 2730. The van der Waals surface area contributed by atoms with Crippen molar-refractivity contribution < 1.29 is 0 Å². The summed E-state index contributed by atoms with van der Waals surface area (Å²) in [5, 5.41) is 6.77. The molecule has 0 saturated heterocycles. The number of thiazole rings is 2. The van der Waals surface area contributed by atoms with Crippen molar-refractivity contribution in [3.8, 4) is 67.0 Å². The van der Waals surface area contributed by atoms with Gasteiger partial charge in [0.25, 0.3) is 0 Å². The lowest BCUT2D eigenvalue weighted by Gasteiger charge is -2.31. The maximum atomic E-state index is 4.56. The number of hydrogen-bond donors (Lipinski definition) is 0. The Morgan fingerprint density at radius 3 is 1.51 bits per heavy atom. The van der Waals surface area contributed by atoms with Crippen LogP contribution in [-0.2, 0) is 5.41 Å². The van der Waals surface area contributed by atoms with Gasteiger partial charge in [-0.2, -0.15) is 0 Å². The second-order valence-electron chi connectivity index (χ2n) is 13.4. The highest BCUT2D eigenvalue weighted by atomic mass is 32.1. The monoisotopic (exact) mass is 684 g/mol. The number of hydrogen-bond acceptors (Lipinski definition) is 4. The Morgan fingerprint density at radius 1 is 0.373 bits per heavy atom. The number of benzene rings is 7. The van der Waals surface area contributed by atoms with Crippen molar-refractivity contribution in [3.05, 3.63) is 190 Å². The van der Waals surface area contributed by atoms with Crippen molar-refractivity contribution in [3.63, 3.8) is 0 Å². The van der Waals surface area contributed by atoms with Gasteiger partial charge in [-0.3, -0.25) is 0 Å². The average Bonchev–Trinajstić information content (AvgIpc) is 4.02. The third-order valence-electron chi connectivity index (χ3n) is 11.0. The molecule has 2 aliphatic carbocycles. The summed E-state index contributed by atoms with van der Waals surface area (Å²) in [6, 6.07) is 54.6. The molecule has 9 aromatic rings. The van der Waals surface area contributed by atoms with E-state index in [2.05, 4.69) is 166 Å². The van der Waals surface area contributed by atoms with Gasteiger partial charge in [-0.05, 0) is 89.7 Å². The lowest BCUT2D eigenvalue weighted by molar-refractivity contribution is 0.795. The van der Waals surface area contributed by atoms with E-state index in [4.69, 9.17) is 0 Å². The average molecular weight is 685 g/mol. The van der Waals surface area contributed by atoms with Crippen LogP contribution in [0.3, 0.4) is 0 Å². The highest BCUT2D eigenvalue weighted by Gasteiger charge is 2.52. The molecule has 11 rings (SSSR count). The number of aromatic nitrogens is 2. The van der Waals surface area contributed by atoms with Gasteiger partial charge in [0, 0.05) is 21.9 Å². The van der Waals surface area contributed by atoms with Crippen LogP contribution in [0.1, 0.15) is 22.3 Å². The first-order valence-electron chi connectivity index (χ1n) is 17.2. The van der Waals surface area contributed by atoms with Crippen LogP contribution < -0.4 is 0 Å². The summed E-state index contributed by atoms with van der Waals surface area (Å²) in [6.45, 7) is 0. The van der Waals surface area contributed by atoms with Crippen LogP contribution in [-0.4, -0.2) is 9.97 Å². The fraction of sp³-hybridized carbons (Fsp3) is 0.0213. The van der Waals surface area contributed by atoms with Gasteiger partial charge >= 0.3 is 0 Å². The zero-order chi connectivity index (χ0) is 33.5. The summed E-state index contributed by atoms with van der Waals surface area (Å²) < 4.78 is 0. The molecule has 2 nitrogen and oxygen atoms in total. The summed E-state index contributed by atoms with van der Waals surface area (Å²) in [6.07, 6.45) is 0. The molecule has 1 spiro atoms. The van der Waals surface area contributed by atoms with Crippen LogP contribution in [0.4, 0.5) is 0 Å². The maximum Gasteiger partial charge on any atom is 0.0811 e. The molecule has 0 atom stereocenters. The van der Waals surface area contributed by atoms with Gasteiger partial charge in [0.1, 0.15) is 0 Å². The van der Waals surface area contributed by atoms with E-state index in [0.717, 1.165) is 22.5 Å². The highest BCUT2D eigenvalue weighted by Crippen LogP contribution is 2.64. The van der Waals surface area contributed by atoms with Crippen LogP contribution >= 0.6 is 22.7 Å². The normalized spacial score (nSPS) is 13.3. The number of rotatable bonds is 4. The molecule has 51 heavy (non-hydrogen) atoms. The molecule has 0 amide bonds. The molecule has 7 aromatic carbocycles. The standard InChI is InChI=1S/C47H28N2S2/c1-2-10-37-34(7-1)39(30-15-19-32(20-16-30)45-26-51-28-49-45)24-43-46(37)38-22-21-33(29-13-17-31(18-14-29)44-25-50-27-48-44)23-42(38)47(43)40-11-5-3-8-35(40)36-9-4-6-12-41(36)47/h1-28H. The topological polar surface area (TPSA) is 25.8 Å². The molecule has 4 heteroatoms. The van der Waals surface area contributed by atoms with Gasteiger partial charge < -0.3 is 0 Å². The molecule has 2 aromatic heterocycles. The largest absolute Gasteiger partial charge is 0.245 e. The maximum absolute atomic E-state index is 4.56. The summed E-state index contributed by atoms with van der Waals surface area (Å²) in [7, 11) is 0. The zero-order valence-corrected chi connectivity index (χ0v) is 29.0. The van der Waals surface area contributed by atoms with E-state index in [1.165, 1.54) is 77.5 Å². The molecule has 0 saturated carbocycles. The minimum absolute atomic E-state index is 0.465. The fourth-order valence-electron chi connectivity index (χ4n) is 8.78. The predicted molar refractivity (Wildman–Crippen MR) is 213 cm³/mol. The van der Waals surface area contributed by atoms with Crippen molar-refractivity contribution in [2.24, 2.45) is 0 Å². The molecular formula is C47H28N2S2. The number of nitrogens with zero attached hydrogens (tertiary/aromatic N) is 2. The summed E-state index contributed by atoms with van der Waals surface area (Å²) in [5.74, 6) is 0. The molecule has 2 heterocycles. The quantitative estimate of drug-likeness (QED) is 0.184. The van der Waals surface area contributed by atoms with Crippen molar-refractivity contribution in [2.45, 2.75) is 5.41 Å². The van der Waals surface area contributed by atoms with E-state index in [9.17, 15) is 0 Å². The van der Waals surface area contributed by atoms with E-state index in [1.54, 1.807) is 22.7 Å². The van der Waals surface area contributed by atoms with E-state index in [0.29, 0.717) is 0 Å². The molecule has 0 bridgehead atoms. The Hall–Kier alpha value is -5.94. The first-order valence-corrected chi connectivity index (χ1v) is 19.1. The lowest BCUT2D eigenvalue weighted by atomic mass is 9.69. The number of fused-ring (bicyclic) bond motifs is 12.